The molecule has 0 saturated heterocycles. The first-order valence-electron chi connectivity index (χ1n) is 21.7. The van der Waals surface area contributed by atoms with Crippen LogP contribution in [0.2, 0.25) is 13.1 Å². The summed E-state index contributed by atoms with van der Waals surface area (Å²) in [4.78, 5) is 0. The Hall–Kier alpha value is -7.20. The van der Waals surface area contributed by atoms with Crippen molar-refractivity contribution in [2.24, 2.45) is 0 Å². The highest BCUT2D eigenvalue weighted by Crippen LogP contribution is 2.57. The summed E-state index contributed by atoms with van der Waals surface area (Å²) in [6.07, 6.45) is 0. The number of furan rings is 2. The van der Waals surface area contributed by atoms with Gasteiger partial charge in [0.2, 0.25) is 0 Å². The Morgan fingerprint density at radius 2 is 0.790 bits per heavy atom. The predicted octanol–water partition coefficient (Wildman–Crippen LogP) is 15.3. The molecule has 294 valence electrons. The van der Waals surface area contributed by atoms with Crippen LogP contribution in [0, 0.1) is 0 Å². The third-order valence-corrected chi connectivity index (χ3v) is 17.8. The van der Waals surface area contributed by atoms with Crippen molar-refractivity contribution in [2.75, 3.05) is 0 Å². The molecule has 2 aliphatic rings. The fourth-order valence-corrected chi connectivity index (χ4v) is 14.1. The Balaban J connectivity index is 1.03. The van der Waals surface area contributed by atoms with E-state index in [-0.39, 0.29) is 5.41 Å². The standard InChI is InChI=1S/C59H42O2Si/c1-59(2)47-32-46-51(34-45(47)53-48(59)31-43(57-55(53)41-19-11-13-21-49(41)60-57)39-27-23-37(24-28-39)35-15-7-5-8-16-35)62(3,4)52-33-44(40-29-25-38(26-30-40)36-17-9-6-10-18-36)58-56(54(46)52)42-20-12-14-22-50(42)61-58/h5-34H,1-4H3. The molecule has 0 fully saturated rings. The SMILES string of the molecule is CC1(C)c2cc3c(cc2-c2c1cc(-c1ccc(-c4ccccc4)cc1)c1oc4ccccc4c21)[Si](C)(C)c1cc(-c2ccc(-c4ccccc4)cc2)c2oc4ccccc4c2c1-3. The molecule has 2 aromatic heterocycles. The molecule has 1 aliphatic heterocycles. The van der Waals surface area contributed by atoms with Crippen LogP contribution in [-0.2, 0) is 5.41 Å². The summed E-state index contributed by atoms with van der Waals surface area (Å²) in [5.41, 5.74) is 21.1. The Bertz CT molecular complexity index is 3400. The first kappa shape index (κ1) is 35.5. The highest BCUT2D eigenvalue weighted by Gasteiger charge is 2.45. The van der Waals surface area contributed by atoms with E-state index >= 15 is 0 Å². The van der Waals surface area contributed by atoms with Crippen LogP contribution in [-0.4, -0.2) is 8.07 Å². The van der Waals surface area contributed by atoms with Gasteiger partial charge in [0.25, 0.3) is 0 Å². The van der Waals surface area contributed by atoms with Crippen molar-refractivity contribution in [3.05, 3.63) is 193 Å². The molecule has 62 heavy (non-hydrogen) atoms. The van der Waals surface area contributed by atoms with Gasteiger partial charge in [-0.2, -0.15) is 0 Å². The van der Waals surface area contributed by atoms with Crippen molar-refractivity contribution >= 4 is 62.3 Å². The number of benzene rings is 9. The Kier molecular flexibility index (Phi) is 7.26. The van der Waals surface area contributed by atoms with Gasteiger partial charge in [0.05, 0.1) is 0 Å². The minimum absolute atomic E-state index is 0.266. The Morgan fingerprint density at radius 3 is 1.34 bits per heavy atom. The second kappa shape index (κ2) is 12.7. The number of hydrogen-bond acceptors (Lipinski definition) is 2. The van der Waals surface area contributed by atoms with Gasteiger partial charge >= 0.3 is 0 Å². The molecule has 0 saturated carbocycles. The van der Waals surface area contributed by atoms with E-state index in [1.54, 1.807) is 0 Å². The van der Waals surface area contributed by atoms with Gasteiger partial charge in [0.15, 0.2) is 0 Å². The third-order valence-electron chi connectivity index (χ3n) is 14.3. The average molecular weight is 811 g/mol. The monoisotopic (exact) mass is 810 g/mol. The topological polar surface area (TPSA) is 26.3 Å². The van der Waals surface area contributed by atoms with Crippen molar-refractivity contribution in [1.29, 1.82) is 0 Å². The van der Waals surface area contributed by atoms with Gasteiger partial charge in [0, 0.05) is 38.1 Å². The van der Waals surface area contributed by atoms with Gasteiger partial charge < -0.3 is 8.83 Å². The summed E-state index contributed by atoms with van der Waals surface area (Å²) in [5, 5.41) is 7.75. The predicted molar refractivity (Wildman–Crippen MR) is 262 cm³/mol. The highest BCUT2D eigenvalue weighted by atomic mass is 28.3. The molecular weight excluding hydrogens is 769 g/mol. The van der Waals surface area contributed by atoms with Crippen molar-refractivity contribution in [2.45, 2.75) is 32.4 Å². The molecule has 1 aliphatic carbocycles. The molecule has 0 spiro atoms. The largest absolute Gasteiger partial charge is 0.455 e. The lowest BCUT2D eigenvalue weighted by atomic mass is 9.80. The Labute approximate surface area is 361 Å². The van der Waals surface area contributed by atoms with E-state index in [9.17, 15) is 0 Å². The molecule has 13 rings (SSSR count). The van der Waals surface area contributed by atoms with Gasteiger partial charge in [-0.15, -0.1) is 0 Å². The van der Waals surface area contributed by atoms with E-state index in [1.807, 2.05) is 0 Å². The van der Waals surface area contributed by atoms with Crippen LogP contribution in [0.15, 0.2) is 191 Å². The maximum Gasteiger partial charge on any atom is 0.143 e. The molecule has 0 atom stereocenters. The van der Waals surface area contributed by atoms with Crippen molar-refractivity contribution in [3.63, 3.8) is 0 Å². The third kappa shape index (κ3) is 4.86. The number of para-hydroxylation sites is 2. The molecule has 2 nitrogen and oxygen atoms in total. The molecule has 11 aromatic rings. The summed E-state index contributed by atoms with van der Waals surface area (Å²) in [7, 11) is -2.26. The molecule has 0 radical (unpaired) electrons. The number of fused-ring (bicyclic) bond motifs is 14. The van der Waals surface area contributed by atoms with Gasteiger partial charge in [-0.05, 0) is 101 Å². The zero-order valence-electron chi connectivity index (χ0n) is 35.1. The van der Waals surface area contributed by atoms with Crippen LogP contribution < -0.4 is 10.4 Å². The fourth-order valence-electron chi connectivity index (χ4n) is 11.1. The zero-order valence-corrected chi connectivity index (χ0v) is 36.1. The van der Waals surface area contributed by atoms with Crippen molar-refractivity contribution < 1.29 is 8.83 Å². The van der Waals surface area contributed by atoms with Crippen LogP contribution in [0.25, 0.3) is 111 Å². The summed E-state index contributed by atoms with van der Waals surface area (Å²) < 4.78 is 13.8. The number of hydrogen-bond donors (Lipinski definition) is 0. The minimum Gasteiger partial charge on any atom is -0.455 e. The fraction of sp³-hybridized carbons (Fsp3) is 0.0847. The zero-order chi connectivity index (χ0) is 41.5. The van der Waals surface area contributed by atoms with Crippen molar-refractivity contribution in [3.8, 4) is 66.8 Å². The molecule has 0 N–H and O–H groups in total. The quantitative estimate of drug-likeness (QED) is 0.166. The maximum absolute atomic E-state index is 6.92. The summed E-state index contributed by atoms with van der Waals surface area (Å²) in [5.74, 6) is 0. The van der Waals surface area contributed by atoms with E-state index in [0.717, 1.165) is 39.0 Å². The van der Waals surface area contributed by atoms with E-state index in [2.05, 4.69) is 209 Å². The first-order valence-corrected chi connectivity index (χ1v) is 24.7. The van der Waals surface area contributed by atoms with E-state index in [4.69, 9.17) is 8.83 Å². The van der Waals surface area contributed by atoms with Gasteiger partial charge in [0.1, 0.15) is 30.4 Å². The summed E-state index contributed by atoms with van der Waals surface area (Å²) in [6.45, 7) is 9.94. The molecule has 0 bridgehead atoms. The molecule has 0 unspecified atom stereocenters. The van der Waals surface area contributed by atoms with E-state index in [0.29, 0.717) is 0 Å². The summed E-state index contributed by atoms with van der Waals surface area (Å²) >= 11 is 0. The second-order valence-corrected chi connectivity index (χ2v) is 22.7. The normalized spacial score (nSPS) is 14.4. The molecule has 0 amide bonds. The number of rotatable bonds is 4. The lowest BCUT2D eigenvalue weighted by Gasteiger charge is -2.24. The maximum atomic E-state index is 6.92. The average Bonchev–Trinajstić information content (AvgIpc) is 4.01. The lowest BCUT2D eigenvalue weighted by molar-refractivity contribution is 0.657. The van der Waals surface area contributed by atoms with Crippen LogP contribution in [0.3, 0.4) is 0 Å². The second-order valence-electron chi connectivity index (χ2n) is 18.4. The smallest absolute Gasteiger partial charge is 0.143 e. The molecule has 9 aromatic carbocycles. The van der Waals surface area contributed by atoms with Crippen molar-refractivity contribution in [1.82, 2.24) is 0 Å². The van der Waals surface area contributed by atoms with Crippen LogP contribution in [0.4, 0.5) is 0 Å². The van der Waals surface area contributed by atoms with E-state index < -0.39 is 8.07 Å². The molecule has 3 heteroatoms. The van der Waals surface area contributed by atoms with Gasteiger partial charge in [-0.25, -0.2) is 0 Å². The van der Waals surface area contributed by atoms with Gasteiger partial charge in [-0.1, -0.05) is 185 Å². The molecular formula is C59H42O2Si. The minimum atomic E-state index is -2.26. The van der Waals surface area contributed by atoms with Gasteiger partial charge in [-0.3, -0.25) is 0 Å². The lowest BCUT2D eigenvalue weighted by Crippen LogP contribution is -2.49. The first-order chi connectivity index (χ1) is 30.3. The molecule has 3 heterocycles. The van der Waals surface area contributed by atoms with Crippen LogP contribution in [0.5, 0.6) is 0 Å². The van der Waals surface area contributed by atoms with E-state index in [1.165, 1.54) is 93.1 Å². The van der Waals surface area contributed by atoms with Crippen LogP contribution >= 0.6 is 0 Å². The Morgan fingerprint density at radius 1 is 0.371 bits per heavy atom. The van der Waals surface area contributed by atoms with Crippen LogP contribution in [0.1, 0.15) is 25.0 Å². The highest BCUT2D eigenvalue weighted by molar-refractivity contribution is 7.04. The summed E-state index contributed by atoms with van der Waals surface area (Å²) in [6, 6.07) is 66.6.